The van der Waals surface area contributed by atoms with Gasteiger partial charge < -0.3 is 9.80 Å². The van der Waals surface area contributed by atoms with E-state index >= 15 is 0 Å². The zero-order chi connectivity index (χ0) is 20.0. The van der Waals surface area contributed by atoms with Gasteiger partial charge in [0.15, 0.2) is 0 Å². The highest BCUT2D eigenvalue weighted by Gasteiger charge is 2.53. The zero-order valence-corrected chi connectivity index (χ0v) is 17.0. The molecule has 1 spiro atoms. The summed E-state index contributed by atoms with van der Waals surface area (Å²) in [7, 11) is 1.84. The van der Waals surface area contributed by atoms with Crippen molar-refractivity contribution in [1.82, 2.24) is 19.6 Å². The predicted molar refractivity (Wildman–Crippen MR) is 109 cm³/mol. The van der Waals surface area contributed by atoms with Crippen LogP contribution in [0.5, 0.6) is 0 Å². The molecule has 152 valence electrons. The van der Waals surface area contributed by atoms with Crippen LogP contribution in [0.2, 0.25) is 0 Å². The minimum Gasteiger partial charge on any atom is -0.336 e. The number of amides is 2. The van der Waals surface area contributed by atoms with Crippen molar-refractivity contribution in [3.8, 4) is 0 Å². The summed E-state index contributed by atoms with van der Waals surface area (Å²) in [6.45, 7) is 2.02. The second-order valence-corrected chi connectivity index (χ2v) is 8.76. The molecule has 1 saturated carbocycles. The van der Waals surface area contributed by atoms with Gasteiger partial charge in [0.2, 0.25) is 5.91 Å². The van der Waals surface area contributed by atoms with Gasteiger partial charge in [0.25, 0.3) is 5.91 Å². The molecule has 5 rings (SSSR count). The molecule has 29 heavy (non-hydrogen) atoms. The number of aryl methyl sites for hydroxylation is 1. The molecule has 1 aromatic heterocycles. The number of carbonyl (C=O) groups excluding carboxylic acids is 2. The summed E-state index contributed by atoms with van der Waals surface area (Å²) >= 11 is 0. The highest BCUT2D eigenvalue weighted by Crippen LogP contribution is 2.41. The van der Waals surface area contributed by atoms with Crippen molar-refractivity contribution in [2.75, 3.05) is 13.1 Å². The Balaban J connectivity index is 1.41. The summed E-state index contributed by atoms with van der Waals surface area (Å²) in [4.78, 5) is 30.9. The van der Waals surface area contributed by atoms with E-state index in [-0.39, 0.29) is 11.8 Å². The standard InChI is InChI=1S/C23H28N4O2/c1-25-20(15-19(24-25)18-9-10-18)21(28)27-14-6-12-23(27)11-5-13-26(22(23)29)16-17-7-3-2-4-8-17/h2-4,7-8,15,18H,5-6,9-14,16H2,1H3. The van der Waals surface area contributed by atoms with Crippen LogP contribution in [0.25, 0.3) is 0 Å². The number of hydrogen-bond donors (Lipinski definition) is 0. The van der Waals surface area contributed by atoms with Gasteiger partial charge in [-0.15, -0.1) is 0 Å². The normalized spacial score (nSPS) is 24.5. The van der Waals surface area contributed by atoms with E-state index in [4.69, 9.17) is 0 Å². The molecule has 2 aromatic rings. The average molecular weight is 393 g/mol. The third-order valence-corrected chi connectivity index (χ3v) is 6.77. The van der Waals surface area contributed by atoms with Crippen LogP contribution in [0.3, 0.4) is 0 Å². The number of nitrogens with zero attached hydrogens (tertiary/aromatic N) is 4. The van der Waals surface area contributed by atoms with Crippen molar-refractivity contribution in [2.24, 2.45) is 7.05 Å². The molecule has 0 N–H and O–H groups in total. The van der Waals surface area contributed by atoms with Gasteiger partial charge in [0.1, 0.15) is 11.2 Å². The summed E-state index contributed by atoms with van der Waals surface area (Å²) < 4.78 is 1.71. The van der Waals surface area contributed by atoms with Gasteiger partial charge in [-0.25, -0.2) is 0 Å². The van der Waals surface area contributed by atoms with Crippen LogP contribution in [-0.2, 0) is 18.4 Å². The molecule has 2 amide bonds. The maximum Gasteiger partial charge on any atom is 0.273 e. The predicted octanol–water partition coefficient (Wildman–Crippen LogP) is 3.09. The van der Waals surface area contributed by atoms with Crippen molar-refractivity contribution in [1.29, 1.82) is 0 Å². The highest BCUT2D eigenvalue weighted by atomic mass is 16.2. The number of likely N-dealkylation sites (tertiary alicyclic amines) is 2. The van der Waals surface area contributed by atoms with E-state index < -0.39 is 5.54 Å². The van der Waals surface area contributed by atoms with Gasteiger partial charge in [-0.05, 0) is 50.2 Å². The van der Waals surface area contributed by atoms with Crippen molar-refractivity contribution in [3.63, 3.8) is 0 Å². The Bertz CT molecular complexity index is 934. The third-order valence-electron chi connectivity index (χ3n) is 6.77. The van der Waals surface area contributed by atoms with Crippen LogP contribution >= 0.6 is 0 Å². The average Bonchev–Trinajstić information content (AvgIpc) is 3.38. The maximum absolute atomic E-state index is 13.6. The summed E-state index contributed by atoms with van der Waals surface area (Å²) in [5, 5.41) is 4.56. The largest absolute Gasteiger partial charge is 0.336 e. The highest BCUT2D eigenvalue weighted by molar-refractivity contribution is 5.99. The molecule has 2 saturated heterocycles. The van der Waals surface area contributed by atoms with Crippen molar-refractivity contribution in [3.05, 3.63) is 53.3 Å². The van der Waals surface area contributed by atoms with E-state index in [0.717, 1.165) is 56.3 Å². The molecule has 3 heterocycles. The Morgan fingerprint density at radius 2 is 1.86 bits per heavy atom. The summed E-state index contributed by atoms with van der Waals surface area (Å²) in [5.41, 5.74) is 2.08. The maximum atomic E-state index is 13.6. The Hall–Kier alpha value is -2.63. The van der Waals surface area contributed by atoms with E-state index in [0.29, 0.717) is 24.7 Å². The van der Waals surface area contributed by atoms with Gasteiger partial charge in [-0.1, -0.05) is 30.3 Å². The number of benzene rings is 1. The van der Waals surface area contributed by atoms with Gasteiger partial charge in [0, 0.05) is 32.6 Å². The first kappa shape index (κ1) is 18.4. The lowest BCUT2D eigenvalue weighted by Crippen LogP contribution is -2.61. The van der Waals surface area contributed by atoms with Crippen molar-refractivity contribution >= 4 is 11.8 Å². The summed E-state index contributed by atoms with van der Waals surface area (Å²) in [6, 6.07) is 12.1. The third kappa shape index (κ3) is 3.15. The van der Waals surface area contributed by atoms with E-state index in [9.17, 15) is 9.59 Å². The molecule has 1 aromatic carbocycles. The second kappa shape index (κ2) is 7.01. The lowest BCUT2D eigenvalue weighted by molar-refractivity contribution is -0.146. The van der Waals surface area contributed by atoms with Crippen LogP contribution in [-0.4, -0.2) is 50.0 Å². The number of hydrogen-bond acceptors (Lipinski definition) is 3. The van der Waals surface area contributed by atoms with Crippen LogP contribution in [0.1, 0.15) is 66.2 Å². The molecule has 3 aliphatic rings. The van der Waals surface area contributed by atoms with E-state index in [1.807, 2.05) is 41.1 Å². The topological polar surface area (TPSA) is 58.4 Å². The van der Waals surface area contributed by atoms with E-state index in [2.05, 4.69) is 17.2 Å². The quantitative estimate of drug-likeness (QED) is 0.803. The Morgan fingerprint density at radius 1 is 1.14 bits per heavy atom. The Kier molecular flexibility index (Phi) is 4.45. The molecule has 1 aliphatic carbocycles. The van der Waals surface area contributed by atoms with Crippen LogP contribution in [0.15, 0.2) is 36.4 Å². The number of rotatable bonds is 4. The van der Waals surface area contributed by atoms with E-state index in [1.165, 1.54) is 0 Å². The minimum atomic E-state index is -0.686. The Morgan fingerprint density at radius 3 is 2.59 bits per heavy atom. The molecular formula is C23H28N4O2. The molecule has 6 nitrogen and oxygen atoms in total. The van der Waals surface area contributed by atoms with Crippen LogP contribution in [0.4, 0.5) is 0 Å². The number of carbonyl (C=O) groups is 2. The molecular weight excluding hydrogens is 364 g/mol. The molecule has 6 heteroatoms. The van der Waals surface area contributed by atoms with Gasteiger partial charge in [-0.3, -0.25) is 14.3 Å². The van der Waals surface area contributed by atoms with Gasteiger partial charge >= 0.3 is 0 Å². The fourth-order valence-corrected chi connectivity index (χ4v) is 5.08. The minimum absolute atomic E-state index is 0.0423. The smallest absolute Gasteiger partial charge is 0.273 e. The summed E-state index contributed by atoms with van der Waals surface area (Å²) in [6.07, 6.45) is 5.65. The van der Waals surface area contributed by atoms with E-state index in [1.54, 1.807) is 4.68 Å². The molecule has 0 bridgehead atoms. The SMILES string of the molecule is Cn1nc(C2CC2)cc1C(=O)N1CCCC12CCCN(Cc1ccccc1)C2=O. The van der Waals surface area contributed by atoms with Crippen LogP contribution in [0, 0.1) is 0 Å². The van der Waals surface area contributed by atoms with Gasteiger partial charge in [-0.2, -0.15) is 5.10 Å². The molecule has 1 unspecified atom stereocenters. The molecule has 2 aliphatic heterocycles. The zero-order valence-electron chi connectivity index (χ0n) is 17.0. The molecule has 0 radical (unpaired) electrons. The fraction of sp³-hybridized carbons (Fsp3) is 0.522. The number of aromatic nitrogens is 2. The number of piperidine rings is 1. The lowest BCUT2D eigenvalue weighted by atomic mass is 9.85. The lowest BCUT2D eigenvalue weighted by Gasteiger charge is -2.44. The first-order chi connectivity index (χ1) is 14.1. The first-order valence-electron chi connectivity index (χ1n) is 10.8. The second-order valence-electron chi connectivity index (χ2n) is 8.76. The molecule has 1 atom stereocenters. The summed E-state index contributed by atoms with van der Waals surface area (Å²) in [5.74, 6) is 0.579. The Labute approximate surface area is 171 Å². The molecule has 3 fully saturated rings. The van der Waals surface area contributed by atoms with Crippen molar-refractivity contribution < 1.29 is 9.59 Å². The van der Waals surface area contributed by atoms with Crippen molar-refractivity contribution in [2.45, 2.75) is 56.5 Å². The monoisotopic (exact) mass is 392 g/mol. The first-order valence-corrected chi connectivity index (χ1v) is 10.8. The van der Waals surface area contributed by atoms with Crippen LogP contribution < -0.4 is 0 Å². The van der Waals surface area contributed by atoms with Gasteiger partial charge in [0.05, 0.1) is 5.69 Å². The fourth-order valence-electron chi connectivity index (χ4n) is 5.08.